The summed E-state index contributed by atoms with van der Waals surface area (Å²) in [5.74, 6) is 3.72. The summed E-state index contributed by atoms with van der Waals surface area (Å²) >= 11 is 0. The van der Waals surface area contributed by atoms with Gasteiger partial charge in [-0.25, -0.2) is 10.6 Å². The molecule has 0 heterocycles. The first-order valence-electron chi connectivity index (χ1n) is 9.18. The Hall–Kier alpha value is -3.26. The standard InChI is InChI=1S/C20H18F6N2O5S/c1-12-5-3-4-6-15(12)28(27)16(9-10-19(21,22)23)13-7-8-17(14(11-13)18(29)32-2)33-34(30,31)20(24,25)26/h3-9,11H,10,27H2,1-2H3/b16-9-. The molecule has 0 fully saturated rings. The Labute approximate surface area is 190 Å². The van der Waals surface area contributed by atoms with Crippen LogP contribution < -0.4 is 15.0 Å². The molecule has 0 spiro atoms. The number of benzene rings is 2. The summed E-state index contributed by atoms with van der Waals surface area (Å²) in [6.45, 7) is 1.63. The lowest BCUT2D eigenvalue weighted by atomic mass is 10.0. The minimum atomic E-state index is -6.15. The molecule has 0 radical (unpaired) electrons. The largest absolute Gasteiger partial charge is 0.534 e. The second kappa shape index (κ2) is 9.93. The van der Waals surface area contributed by atoms with Crippen molar-refractivity contribution in [2.24, 2.45) is 5.84 Å². The van der Waals surface area contributed by atoms with E-state index >= 15 is 0 Å². The molecule has 0 aliphatic rings. The third-order valence-corrected chi connectivity index (χ3v) is 5.29. The number of anilines is 1. The van der Waals surface area contributed by atoms with E-state index in [2.05, 4.69) is 8.92 Å². The van der Waals surface area contributed by atoms with Crippen LogP contribution in [-0.4, -0.2) is 33.2 Å². The summed E-state index contributed by atoms with van der Waals surface area (Å²) in [4.78, 5) is 12.1. The zero-order valence-corrected chi connectivity index (χ0v) is 18.4. The molecule has 0 atom stereocenters. The summed E-state index contributed by atoms with van der Waals surface area (Å²) in [5.41, 5.74) is -6.16. The fourth-order valence-electron chi connectivity index (χ4n) is 2.73. The molecule has 0 aromatic heterocycles. The van der Waals surface area contributed by atoms with Crippen molar-refractivity contribution in [2.75, 3.05) is 12.1 Å². The van der Waals surface area contributed by atoms with Gasteiger partial charge < -0.3 is 8.92 Å². The van der Waals surface area contributed by atoms with Crippen LogP contribution >= 0.6 is 0 Å². The fraction of sp³-hybridized carbons (Fsp3) is 0.250. The molecule has 2 aromatic carbocycles. The Morgan fingerprint density at radius 3 is 2.24 bits per heavy atom. The number of hydrogen-bond donors (Lipinski definition) is 1. The number of allylic oxidation sites excluding steroid dienone is 1. The molecule has 0 saturated carbocycles. The molecule has 0 aliphatic carbocycles. The maximum absolute atomic E-state index is 12.9. The highest BCUT2D eigenvalue weighted by Gasteiger charge is 2.49. The van der Waals surface area contributed by atoms with Gasteiger partial charge in [0, 0.05) is 5.56 Å². The predicted molar refractivity (Wildman–Crippen MR) is 110 cm³/mol. The molecule has 14 heteroatoms. The number of carbonyl (C=O) groups is 1. The number of hydrogen-bond acceptors (Lipinski definition) is 7. The first kappa shape index (κ1) is 27.0. The van der Waals surface area contributed by atoms with Crippen LogP contribution in [-0.2, 0) is 14.9 Å². The van der Waals surface area contributed by atoms with Gasteiger partial charge in [-0.3, -0.25) is 5.01 Å². The average Bonchev–Trinajstić information content (AvgIpc) is 2.72. The summed E-state index contributed by atoms with van der Waals surface area (Å²) in [6, 6.07) is 8.82. The minimum Gasteiger partial charge on any atom is -0.465 e. The topological polar surface area (TPSA) is 98.9 Å². The van der Waals surface area contributed by atoms with E-state index in [0.717, 1.165) is 24.3 Å². The molecular weight excluding hydrogens is 494 g/mol. The highest BCUT2D eigenvalue weighted by Crippen LogP contribution is 2.34. The van der Waals surface area contributed by atoms with E-state index in [9.17, 15) is 39.6 Å². The van der Waals surface area contributed by atoms with Crippen molar-refractivity contribution < 1.29 is 48.5 Å². The van der Waals surface area contributed by atoms with Crippen LogP contribution in [0.5, 0.6) is 5.75 Å². The van der Waals surface area contributed by atoms with Crippen LogP contribution in [0.3, 0.4) is 0 Å². The Kier molecular flexibility index (Phi) is 7.88. The van der Waals surface area contributed by atoms with Gasteiger partial charge in [0.05, 0.1) is 24.9 Å². The fourth-order valence-corrected chi connectivity index (χ4v) is 3.20. The molecule has 186 valence electrons. The number of carbonyl (C=O) groups excluding carboxylic acids is 1. The molecule has 34 heavy (non-hydrogen) atoms. The van der Waals surface area contributed by atoms with Crippen LogP contribution in [0.25, 0.3) is 5.70 Å². The number of rotatable bonds is 7. The molecule has 0 aliphatic heterocycles. The number of halogens is 6. The molecule has 0 amide bonds. The molecule has 2 aromatic rings. The van der Waals surface area contributed by atoms with E-state index < -0.39 is 45.5 Å². The number of hydrazine groups is 1. The summed E-state index contributed by atoms with van der Waals surface area (Å²) in [7, 11) is -5.29. The Morgan fingerprint density at radius 1 is 1.09 bits per heavy atom. The second-order valence-corrected chi connectivity index (χ2v) is 8.29. The van der Waals surface area contributed by atoms with Crippen molar-refractivity contribution in [1.29, 1.82) is 0 Å². The maximum Gasteiger partial charge on any atom is 0.534 e. The van der Waals surface area contributed by atoms with Crippen LogP contribution in [0.15, 0.2) is 48.5 Å². The monoisotopic (exact) mass is 512 g/mol. The van der Waals surface area contributed by atoms with E-state index in [1.165, 1.54) is 6.07 Å². The number of ether oxygens (including phenoxy) is 1. The Balaban J connectivity index is 2.67. The highest BCUT2D eigenvalue weighted by molar-refractivity contribution is 7.88. The molecule has 0 saturated heterocycles. The van der Waals surface area contributed by atoms with E-state index in [1.807, 2.05) is 0 Å². The molecule has 2 N–H and O–H groups in total. The third kappa shape index (κ3) is 6.41. The second-order valence-electron chi connectivity index (χ2n) is 6.75. The average molecular weight is 512 g/mol. The zero-order valence-electron chi connectivity index (χ0n) is 17.6. The number of nitrogens with zero attached hydrogens (tertiary/aromatic N) is 1. The number of aryl methyl sites for hydroxylation is 1. The molecule has 2 rings (SSSR count). The molecule has 7 nitrogen and oxygen atoms in total. The number of nitrogens with two attached hydrogens (primary N) is 1. The van der Waals surface area contributed by atoms with Gasteiger partial charge in [0.15, 0.2) is 5.75 Å². The van der Waals surface area contributed by atoms with Crippen molar-refractivity contribution in [3.8, 4) is 5.75 Å². The summed E-state index contributed by atoms with van der Waals surface area (Å²) in [6.07, 6.45) is -5.36. The smallest absolute Gasteiger partial charge is 0.465 e. The first-order valence-corrected chi connectivity index (χ1v) is 10.6. The number of para-hydroxylation sites is 1. The number of esters is 1. The van der Waals surface area contributed by atoms with E-state index in [0.29, 0.717) is 17.7 Å². The van der Waals surface area contributed by atoms with Gasteiger partial charge in [0.1, 0.15) is 5.56 Å². The zero-order chi connectivity index (χ0) is 25.9. The predicted octanol–water partition coefficient (Wildman–Crippen LogP) is 4.68. The highest BCUT2D eigenvalue weighted by atomic mass is 32.2. The third-order valence-electron chi connectivity index (χ3n) is 4.32. The SMILES string of the molecule is COC(=O)c1cc(/C(=C/CC(F)(F)F)N(N)c2ccccc2C)ccc1OS(=O)(=O)C(F)(F)F. The minimum absolute atomic E-state index is 0.160. The van der Waals surface area contributed by atoms with E-state index in [-0.39, 0.29) is 16.9 Å². The first-order chi connectivity index (χ1) is 15.6. The van der Waals surface area contributed by atoms with Gasteiger partial charge in [-0.1, -0.05) is 18.2 Å². The van der Waals surface area contributed by atoms with Crippen LogP contribution in [0, 0.1) is 6.92 Å². The molecule has 0 bridgehead atoms. The summed E-state index contributed by atoms with van der Waals surface area (Å²) in [5, 5.41) is 0.893. The number of methoxy groups -OCH3 is 1. The van der Waals surface area contributed by atoms with Gasteiger partial charge in [-0.15, -0.1) is 0 Å². The van der Waals surface area contributed by atoms with Crippen molar-refractivity contribution in [3.63, 3.8) is 0 Å². The van der Waals surface area contributed by atoms with Gasteiger partial charge in [0.2, 0.25) is 0 Å². The molecule has 0 unspecified atom stereocenters. The maximum atomic E-state index is 12.9. The van der Waals surface area contributed by atoms with Crippen LogP contribution in [0.4, 0.5) is 32.0 Å². The molecular formula is C20H18F6N2O5S. The lowest BCUT2D eigenvalue weighted by molar-refractivity contribution is -0.124. The van der Waals surface area contributed by atoms with Gasteiger partial charge >= 0.3 is 27.8 Å². The van der Waals surface area contributed by atoms with E-state index in [1.54, 1.807) is 25.1 Å². The number of alkyl halides is 6. The van der Waals surface area contributed by atoms with Crippen molar-refractivity contribution in [2.45, 2.75) is 25.0 Å². The Bertz CT molecular complexity index is 1190. The Morgan fingerprint density at radius 2 is 1.71 bits per heavy atom. The lowest BCUT2D eigenvalue weighted by Gasteiger charge is -2.25. The van der Waals surface area contributed by atoms with Crippen molar-refractivity contribution in [3.05, 3.63) is 65.2 Å². The summed E-state index contributed by atoms with van der Waals surface area (Å²) < 4.78 is 108. The lowest BCUT2D eigenvalue weighted by Crippen LogP contribution is -2.30. The van der Waals surface area contributed by atoms with Gasteiger partial charge in [-0.05, 0) is 42.8 Å². The van der Waals surface area contributed by atoms with Crippen molar-refractivity contribution >= 4 is 27.5 Å². The van der Waals surface area contributed by atoms with Gasteiger partial charge in [-0.2, -0.15) is 34.8 Å². The van der Waals surface area contributed by atoms with Crippen LogP contribution in [0.1, 0.15) is 27.9 Å². The normalized spacial score (nSPS) is 12.9. The van der Waals surface area contributed by atoms with Crippen LogP contribution in [0.2, 0.25) is 0 Å². The quantitative estimate of drug-likeness (QED) is 0.144. The van der Waals surface area contributed by atoms with Gasteiger partial charge in [0.25, 0.3) is 0 Å². The van der Waals surface area contributed by atoms with E-state index in [4.69, 9.17) is 5.84 Å². The van der Waals surface area contributed by atoms with Crippen molar-refractivity contribution in [1.82, 2.24) is 0 Å².